The third kappa shape index (κ3) is 2.74. The summed E-state index contributed by atoms with van der Waals surface area (Å²) in [7, 11) is 0. The first-order chi connectivity index (χ1) is 17.7. The number of nitrogens with zero attached hydrogens (tertiary/aromatic N) is 3. The Morgan fingerprint density at radius 2 is 1.67 bits per heavy atom. The lowest BCUT2D eigenvalue weighted by Gasteiger charge is -2.12. The summed E-state index contributed by atoms with van der Waals surface area (Å²) < 4.78 is 10.6. The van der Waals surface area contributed by atoms with Crippen LogP contribution < -0.4 is 5.32 Å². The molecule has 5 nitrogen and oxygen atoms in total. The van der Waals surface area contributed by atoms with Crippen LogP contribution in [0.15, 0.2) is 89.3 Å². The number of benzene rings is 4. The summed E-state index contributed by atoms with van der Waals surface area (Å²) in [6.07, 6.45) is 2.19. The molecule has 8 rings (SSSR count). The van der Waals surface area contributed by atoms with Gasteiger partial charge in [0.25, 0.3) is 0 Å². The standard InChI is InChI=1S/C31H24N4O/c1-19-15-21(20-12-13-29-24(18-20)23-7-6-14-32-30(23)36-29)17-22(16-19)34-27-10-4-5-11-28(27)35-26-9-3-2-8-25(26)33-31(34)35/h2-5,8-13,15-18,32H,6-7,14H2,1H3. The Morgan fingerprint density at radius 1 is 0.833 bits per heavy atom. The average molecular weight is 469 g/mol. The summed E-state index contributed by atoms with van der Waals surface area (Å²) >= 11 is 0. The molecule has 174 valence electrons. The van der Waals surface area contributed by atoms with Gasteiger partial charge in [-0.3, -0.25) is 8.97 Å². The number of furan rings is 1. The predicted octanol–water partition coefficient (Wildman–Crippen LogP) is 7.51. The van der Waals surface area contributed by atoms with Crippen molar-refractivity contribution < 1.29 is 4.42 Å². The zero-order valence-electron chi connectivity index (χ0n) is 20.0. The van der Waals surface area contributed by atoms with Crippen LogP contribution in [0, 0.1) is 6.92 Å². The van der Waals surface area contributed by atoms with Crippen molar-refractivity contribution in [2.45, 2.75) is 19.8 Å². The summed E-state index contributed by atoms with van der Waals surface area (Å²) in [5.41, 5.74) is 11.4. The van der Waals surface area contributed by atoms with Crippen molar-refractivity contribution in [2.75, 3.05) is 11.9 Å². The first kappa shape index (κ1) is 19.8. The SMILES string of the molecule is Cc1cc(-c2ccc3oc4c(c3c2)CCCN4)cc(-n2c3ccccc3n3c4ccccc4nc23)c1. The van der Waals surface area contributed by atoms with Crippen LogP contribution in [0.1, 0.15) is 17.5 Å². The summed E-state index contributed by atoms with van der Waals surface area (Å²) in [5.74, 6) is 1.87. The van der Waals surface area contributed by atoms with E-state index in [1.54, 1.807) is 0 Å². The van der Waals surface area contributed by atoms with E-state index in [4.69, 9.17) is 9.40 Å². The van der Waals surface area contributed by atoms with E-state index in [0.717, 1.165) is 64.4 Å². The highest BCUT2D eigenvalue weighted by Gasteiger charge is 2.19. The Balaban J connectivity index is 1.37. The van der Waals surface area contributed by atoms with Crippen molar-refractivity contribution in [2.24, 2.45) is 0 Å². The second-order valence-corrected chi connectivity index (χ2v) is 9.77. The fourth-order valence-corrected chi connectivity index (χ4v) is 5.85. The number of para-hydroxylation sites is 4. The second-order valence-electron chi connectivity index (χ2n) is 9.77. The maximum Gasteiger partial charge on any atom is 0.220 e. The van der Waals surface area contributed by atoms with Gasteiger partial charge in [-0.05, 0) is 85.0 Å². The highest BCUT2D eigenvalue weighted by Crippen LogP contribution is 2.37. The molecule has 3 aromatic heterocycles. The van der Waals surface area contributed by atoms with Crippen molar-refractivity contribution in [1.29, 1.82) is 0 Å². The topological polar surface area (TPSA) is 47.4 Å². The number of fused-ring (bicyclic) bond motifs is 8. The quantitative estimate of drug-likeness (QED) is 0.286. The Hall–Kier alpha value is -4.51. The van der Waals surface area contributed by atoms with Gasteiger partial charge in [0, 0.05) is 17.5 Å². The van der Waals surface area contributed by atoms with Crippen LogP contribution in [0.5, 0.6) is 0 Å². The van der Waals surface area contributed by atoms with Crippen molar-refractivity contribution >= 4 is 44.7 Å². The molecular formula is C31H24N4O. The average Bonchev–Trinajstić information content (AvgIpc) is 3.56. The van der Waals surface area contributed by atoms with E-state index in [9.17, 15) is 0 Å². The highest BCUT2D eigenvalue weighted by molar-refractivity contribution is 5.93. The number of imidazole rings is 2. The van der Waals surface area contributed by atoms with Gasteiger partial charge in [-0.2, -0.15) is 0 Å². The van der Waals surface area contributed by atoms with Gasteiger partial charge >= 0.3 is 0 Å². The molecule has 0 spiro atoms. The van der Waals surface area contributed by atoms with E-state index >= 15 is 0 Å². The minimum atomic E-state index is 0.930. The van der Waals surface area contributed by atoms with Gasteiger partial charge in [0.15, 0.2) is 5.88 Å². The number of hydrogen-bond donors (Lipinski definition) is 1. The molecular weight excluding hydrogens is 444 g/mol. The molecule has 0 aliphatic carbocycles. The molecule has 0 saturated heterocycles. The summed E-state index contributed by atoms with van der Waals surface area (Å²) in [6.45, 7) is 3.14. The number of anilines is 1. The Bertz CT molecular complexity index is 1970. The fourth-order valence-electron chi connectivity index (χ4n) is 5.85. The minimum Gasteiger partial charge on any atom is -0.440 e. The molecule has 0 atom stereocenters. The van der Waals surface area contributed by atoms with E-state index in [0.29, 0.717) is 0 Å². The van der Waals surface area contributed by atoms with E-state index in [2.05, 4.69) is 100 Å². The maximum absolute atomic E-state index is 6.09. The third-order valence-electron chi connectivity index (χ3n) is 7.44. The van der Waals surface area contributed by atoms with Gasteiger partial charge in [-0.15, -0.1) is 0 Å². The molecule has 0 unspecified atom stereocenters. The normalized spacial score (nSPS) is 13.6. The van der Waals surface area contributed by atoms with Crippen LogP contribution in [-0.2, 0) is 6.42 Å². The lowest BCUT2D eigenvalue weighted by atomic mass is 9.98. The molecule has 5 heteroatoms. The summed E-state index contributed by atoms with van der Waals surface area (Å²) in [4.78, 5) is 5.05. The van der Waals surface area contributed by atoms with Gasteiger partial charge in [0.2, 0.25) is 5.78 Å². The molecule has 1 N–H and O–H groups in total. The van der Waals surface area contributed by atoms with Crippen LogP contribution in [0.3, 0.4) is 0 Å². The third-order valence-corrected chi connectivity index (χ3v) is 7.44. The maximum atomic E-state index is 6.09. The highest BCUT2D eigenvalue weighted by atomic mass is 16.3. The molecule has 36 heavy (non-hydrogen) atoms. The molecule has 0 saturated carbocycles. The summed E-state index contributed by atoms with van der Waals surface area (Å²) in [5, 5.41) is 4.63. The van der Waals surface area contributed by atoms with Crippen LogP contribution in [0.25, 0.3) is 55.6 Å². The van der Waals surface area contributed by atoms with Crippen molar-refractivity contribution in [3.05, 3.63) is 96.1 Å². The van der Waals surface area contributed by atoms with E-state index in [1.807, 2.05) is 6.07 Å². The van der Waals surface area contributed by atoms with E-state index in [1.165, 1.54) is 27.6 Å². The number of nitrogens with one attached hydrogen (secondary N) is 1. The Kier molecular flexibility index (Phi) is 3.98. The van der Waals surface area contributed by atoms with Gasteiger partial charge < -0.3 is 9.73 Å². The monoisotopic (exact) mass is 468 g/mol. The number of hydrogen-bond acceptors (Lipinski definition) is 3. The van der Waals surface area contributed by atoms with Gasteiger partial charge in [-0.1, -0.05) is 36.4 Å². The minimum absolute atomic E-state index is 0.930. The first-order valence-electron chi connectivity index (χ1n) is 12.5. The lowest BCUT2D eigenvalue weighted by Crippen LogP contribution is -2.09. The van der Waals surface area contributed by atoms with Crippen LogP contribution in [0.4, 0.5) is 5.88 Å². The predicted molar refractivity (Wildman–Crippen MR) is 146 cm³/mol. The molecule has 7 aromatic rings. The first-order valence-corrected chi connectivity index (χ1v) is 12.5. The number of aromatic nitrogens is 3. The van der Waals surface area contributed by atoms with Crippen molar-refractivity contribution in [1.82, 2.24) is 14.0 Å². The van der Waals surface area contributed by atoms with Crippen LogP contribution in [0.2, 0.25) is 0 Å². The number of rotatable bonds is 2. The molecule has 4 aromatic carbocycles. The van der Waals surface area contributed by atoms with E-state index < -0.39 is 0 Å². The van der Waals surface area contributed by atoms with Crippen LogP contribution >= 0.6 is 0 Å². The Labute approximate surface area is 207 Å². The largest absolute Gasteiger partial charge is 0.440 e. The molecule has 0 amide bonds. The fraction of sp³-hybridized carbons (Fsp3) is 0.129. The van der Waals surface area contributed by atoms with Gasteiger partial charge in [0.05, 0.1) is 27.8 Å². The zero-order chi connectivity index (χ0) is 23.8. The van der Waals surface area contributed by atoms with Gasteiger partial charge in [0.1, 0.15) is 5.58 Å². The second kappa shape index (κ2) is 7.25. The Morgan fingerprint density at radius 3 is 2.58 bits per heavy atom. The lowest BCUT2D eigenvalue weighted by molar-refractivity contribution is 0.608. The molecule has 4 heterocycles. The van der Waals surface area contributed by atoms with E-state index in [-0.39, 0.29) is 0 Å². The molecule has 0 fully saturated rings. The van der Waals surface area contributed by atoms with Gasteiger partial charge in [-0.25, -0.2) is 4.98 Å². The molecule has 0 radical (unpaired) electrons. The van der Waals surface area contributed by atoms with Crippen molar-refractivity contribution in [3.63, 3.8) is 0 Å². The summed E-state index contributed by atoms with van der Waals surface area (Å²) in [6, 6.07) is 30.3. The molecule has 1 aliphatic heterocycles. The zero-order valence-corrected chi connectivity index (χ0v) is 20.0. The molecule has 0 bridgehead atoms. The molecule has 1 aliphatic rings. The van der Waals surface area contributed by atoms with Crippen molar-refractivity contribution in [3.8, 4) is 16.8 Å². The number of aryl methyl sites for hydroxylation is 2. The van der Waals surface area contributed by atoms with Crippen LogP contribution in [-0.4, -0.2) is 20.5 Å². The smallest absolute Gasteiger partial charge is 0.220 e.